The molecular formula is C15H20N4. The van der Waals surface area contributed by atoms with Gasteiger partial charge < -0.3 is 4.57 Å². The molecule has 4 saturated carbocycles. The fourth-order valence-corrected chi connectivity index (χ4v) is 5.43. The summed E-state index contributed by atoms with van der Waals surface area (Å²) in [4.78, 5) is 0. The molecule has 0 unspecified atom stereocenters. The van der Waals surface area contributed by atoms with Gasteiger partial charge >= 0.3 is 0 Å². The van der Waals surface area contributed by atoms with E-state index in [0.29, 0.717) is 6.42 Å². The lowest BCUT2D eigenvalue weighted by atomic mass is 9.49. The number of hydrogen-bond donors (Lipinski definition) is 0. The van der Waals surface area contributed by atoms with Crippen molar-refractivity contribution in [2.75, 3.05) is 0 Å². The van der Waals surface area contributed by atoms with E-state index < -0.39 is 0 Å². The van der Waals surface area contributed by atoms with Crippen LogP contribution in [0, 0.1) is 29.1 Å². The summed E-state index contributed by atoms with van der Waals surface area (Å²) in [5.41, 5.74) is 0.282. The van der Waals surface area contributed by atoms with Crippen LogP contribution >= 0.6 is 0 Å². The number of nitriles is 1. The lowest BCUT2D eigenvalue weighted by molar-refractivity contribution is -0.0108. The number of rotatable bonds is 2. The van der Waals surface area contributed by atoms with Crippen LogP contribution in [-0.2, 0) is 18.9 Å². The molecule has 0 aliphatic heterocycles. The van der Waals surface area contributed by atoms with E-state index in [2.05, 4.69) is 20.8 Å². The largest absolute Gasteiger partial charge is 0.317 e. The van der Waals surface area contributed by atoms with Crippen molar-refractivity contribution in [2.24, 2.45) is 24.8 Å². The topological polar surface area (TPSA) is 54.5 Å². The van der Waals surface area contributed by atoms with Gasteiger partial charge in [0, 0.05) is 12.5 Å². The Hall–Kier alpha value is -1.37. The molecule has 1 heterocycles. The van der Waals surface area contributed by atoms with Crippen LogP contribution in [-0.4, -0.2) is 14.8 Å². The molecule has 4 bridgehead atoms. The van der Waals surface area contributed by atoms with E-state index in [9.17, 15) is 0 Å². The third kappa shape index (κ3) is 1.57. The maximum absolute atomic E-state index is 8.86. The van der Waals surface area contributed by atoms with Crippen molar-refractivity contribution in [1.82, 2.24) is 14.8 Å². The molecule has 0 amide bonds. The Morgan fingerprint density at radius 2 is 1.74 bits per heavy atom. The van der Waals surface area contributed by atoms with Gasteiger partial charge in [0.2, 0.25) is 0 Å². The van der Waals surface area contributed by atoms with Crippen molar-refractivity contribution >= 4 is 0 Å². The Balaban J connectivity index is 1.74. The number of hydrogen-bond acceptors (Lipinski definition) is 3. The Kier molecular flexibility index (Phi) is 2.30. The summed E-state index contributed by atoms with van der Waals surface area (Å²) in [5, 5.41) is 17.6. The molecular weight excluding hydrogens is 236 g/mol. The molecule has 1 aromatic rings. The van der Waals surface area contributed by atoms with Crippen molar-refractivity contribution in [2.45, 2.75) is 50.4 Å². The van der Waals surface area contributed by atoms with E-state index in [4.69, 9.17) is 5.26 Å². The second kappa shape index (κ2) is 3.82. The molecule has 4 aliphatic rings. The summed E-state index contributed by atoms with van der Waals surface area (Å²) < 4.78 is 2.11. The molecule has 0 N–H and O–H groups in total. The lowest BCUT2D eigenvalue weighted by Crippen LogP contribution is -2.49. The average molecular weight is 256 g/mol. The second-order valence-corrected chi connectivity index (χ2v) is 7.03. The van der Waals surface area contributed by atoms with Crippen LogP contribution in [0.3, 0.4) is 0 Å². The molecule has 4 fully saturated rings. The molecule has 4 heteroatoms. The van der Waals surface area contributed by atoms with E-state index >= 15 is 0 Å². The van der Waals surface area contributed by atoms with Crippen molar-refractivity contribution in [3.63, 3.8) is 0 Å². The highest BCUT2D eigenvalue weighted by atomic mass is 15.3. The molecule has 0 aromatic carbocycles. The predicted molar refractivity (Wildman–Crippen MR) is 70.2 cm³/mol. The fourth-order valence-electron chi connectivity index (χ4n) is 5.43. The van der Waals surface area contributed by atoms with Crippen LogP contribution in [0.4, 0.5) is 0 Å². The Bertz CT molecular complexity index is 516. The van der Waals surface area contributed by atoms with Crippen LogP contribution < -0.4 is 0 Å². The van der Waals surface area contributed by atoms with Crippen molar-refractivity contribution in [3.8, 4) is 6.07 Å². The number of nitrogens with zero attached hydrogens (tertiary/aromatic N) is 4. The van der Waals surface area contributed by atoms with Gasteiger partial charge in [-0.3, -0.25) is 0 Å². The summed E-state index contributed by atoms with van der Waals surface area (Å²) in [6.07, 6.45) is 8.62. The van der Waals surface area contributed by atoms with Crippen molar-refractivity contribution in [1.29, 1.82) is 5.26 Å². The van der Waals surface area contributed by atoms with Crippen molar-refractivity contribution < 1.29 is 0 Å². The zero-order valence-electron chi connectivity index (χ0n) is 11.5. The summed E-state index contributed by atoms with van der Waals surface area (Å²) in [5.74, 6) is 4.75. The van der Waals surface area contributed by atoms with Crippen LogP contribution in [0.2, 0.25) is 0 Å². The summed E-state index contributed by atoms with van der Waals surface area (Å²) >= 11 is 0. The standard InChI is InChI=1S/C15H20N4/c1-19-13(2-3-16)17-18-14(19)15-7-10-4-11(8-15)6-12(5-10)9-15/h10-12H,2,4-9H2,1H3. The lowest BCUT2D eigenvalue weighted by Gasteiger charge is -2.56. The highest BCUT2D eigenvalue weighted by Crippen LogP contribution is 2.60. The molecule has 0 radical (unpaired) electrons. The van der Waals surface area contributed by atoms with Gasteiger partial charge in [-0.15, -0.1) is 10.2 Å². The average Bonchev–Trinajstić information content (AvgIpc) is 2.70. The smallest absolute Gasteiger partial charge is 0.147 e. The van der Waals surface area contributed by atoms with Gasteiger partial charge in [-0.2, -0.15) is 5.26 Å². The molecule has 1 aromatic heterocycles. The summed E-state index contributed by atoms with van der Waals surface area (Å²) in [7, 11) is 2.04. The Morgan fingerprint density at radius 1 is 1.16 bits per heavy atom. The Labute approximate surface area is 113 Å². The minimum absolute atomic E-state index is 0.282. The van der Waals surface area contributed by atoms with E-state index in [0.717, 1.165) is 29.4 Å². The van der Waals surface area contributed by atoms with Gasteiger partial charge in [0.25, 0.3) is 0 Å². The fraction of sp³-hybridized carbons (Fsp3) is 0.800. The van der Waals surface area contributed by atoms with E-state index in [1.807, 2.05) is 7.05 Å². The Morgan fingerprint density at radius 3 is 2.26 bits per heavy atom. The van der Waals surface area contributed by atoms with E-state index in [1.165, 1.54) is 38.5 Å². The van der Waals surface area contributed by atoms with Crippen LogP contribution in [0.1, 0.15) is 50.2 Å². The van der Waals surface area contributed by atoms with E-state index in [1.54, 1.807) is 0 Å². The molecule has 4 aliphatic carbocycles. The van der Waals surface area contributed by atoms with Crippen molar-refractivity contribution in [3.05, 3.63) is 11.6 Å². The predicted octanol–water partition coefficient (Wildman–Crippen LogP) is 2.35. The minimum atomic E-state index is 0.282. The first-order valence-corrected chi connectivity index (χ1v) is 7.46. The molecule has 4 nitrogen and oxygen atoms in total. The maximum atomic E-state index is 8.86. The molecule has 0 saturated heterocycles. The SMILES string of the molecule is Cn1c(CC#N)nnc1C12CC3CC(CC(C3)C1)C2. The molecule has 0 spiro atoms. The third-order valence-electron chi connectivity index (χ3n) is 5.71. The minimum Gasteiger partial charge on any atom is -0.317 e. The van der Waals surface area contributed by atoms with Gasteiger partial charge in [0.15, 0.2) is 0 Å². The first kappa shape index (κ1) is 11.5. The highest BCUT2D eigenvalue weighted by molar-refractivity contribution is 5.19. The normalized spacial score (nSPS) is 39.5. The second-order valence-electron chi connectivity index (χ2n) is 7.03. The first-order valence-electron chi connectivity index (χ1n) is 7.46. The van der Waals surface area contributed by atoms with Gasteiger partial charge in [-0.1, -0.05) is 0 Å². The van der Waals surface area contributed by atoms with Crippen LogP contribution in [0.15, 0.2) is 0 Å². The molecule has 5 rings (SSSR count). The van der Waals surface area contributed by atoms with E-state index in [-0.39, 0.29) is 5.41 Å². The highest BCUT2D eigenvalue weighted by Gasteiger charge is 2.53. The van der Waals surface area contributed by atoms with Crippen LogP contribution in [0.5, 0.6) is 0 Å². The monoisotopic (exact) mass is 256 g/mol. The summed E-state index contributed by atoms with van der Waals surface area (Å²) in [6, 6.07) is 2.19. The van der Waals surface area contributed by atoms with Gasteiger partial charge in [-0.25, -0.2) is 0 Å². The maximum Gasteiger partial charge on any atom is 0.147 e. The zero-order chi connectivity index (χ0) is 13.0. The third-order valence-corrected chi connectivity index (χ3v) is 5.71. The quantitative estimate of drug-likeness (QED) is 0.816. The summed E-state index contributed by atoms with van der Waals surface area (Å²) in [6.45, 7) is 0. The van der Waals surface area contributed by atoms with Gasteiger partial charge in [0.05, 0.1) is 12.5 Å². The number of aromatic nitrogens is 3. The van der Waals surface area contributed by atoms with Crippen LogP contribution in [0.25, 0.3) is 0 Å². The van der Waals surface area contributed by atoms with Gasteiger partial charge in [-0.05, 0) is 56.3 Å². The molecule has 19 heavy (non-hydrogen) atoms. The molecule has 0 atom stereocenters. The zero-order valence-corrected chi connectivity index (χ0v) is 11.5. The molecule has 100 valence electrons. The first-order chi connectivity index (χ1) is 9.20. The van der Waals surface area contributed by atoms with Gasteiger partial charge in [0.1, 0.15) is 11.6 Å².